The van der Waals surface area contributed by atoms with Gasteiger partial charge in [0.25, 0.3) is 0 Å². The number of hydrogen-bond donors (Lipinski definition) is 4. The number of amides is 2. The molecule has 0 aliphatic heterocycles. The normalized spacial score (nSPS) is 11.6. The molecular weight excluding hydrogens is 210 g/mol. The van der Waals surface area contributed by atoms with Gasteiger partial charge in [0, 0.05) is 11.4 Å². The van der Waals surface area contributed by atoms with Gasteiger partial charge >= 0.3 is 12.0 Å². The van der Waals surface area contributed by atoms with Crippen LogP contribution in [0.3, 0.4) is 0 Å². The molecule has 16 heavy (non-hydrogen) atoms. The maximum Gasteiger partial charge on any atom is 0.325 e. The molecule has 0 heterocycles. The zero-order valence-electron chi connectivity index (χ0n) is 8.73. The van der Waals surface area contributed by atoms with Crippen molar-refractivity contribution in [2.45, 2.75) is 13.0 Å². The molecule has 2 amide bonds. The Kier molecular flexibility index (Phi) is 3.71. The molecule has 1 rings (SSSR count). The molecule has 6 heteroatoms. The Labute approximate surface area is 92.4 Å². The van der Waals surface area contributed by atoms with Crippen molar-refractivity contribution in [1.29, 1.82) is 0 Å². The molecule has 0 saturated carbocycles. The standard InChI is InChI=1S/C10H13N3O3/c1-6(9(14)15)12-7-2-4-8(5-3-7)13-10(11)16/h2-6,12H,1H3,(H,14,15)(H3,11,13,16)/t6-/m0/s1. The lowest BCUT2D eigenvalue weighted by atomic mass is 10.2. The highest BCUT2D eigenvalue weighted by Crippen LogP contribution is 2.14. The van der Waals surface area contributed by atoms with Gasteiger partial charge in [-0.05, 0) is 31.2 Å². The lowest BCUT2D eigenvalue weighted by Crippen LogP contribution is -2.25. The van der Waals surface area contributed by atoms with Crippen molar-refractivity contribution < 1.29 is 14.7 Å². The van der Waals surface area contributed by atoms with E-state index >= 15 is 0 Å². The Hall–Kier alpha value is -2.24. The third-order valence-electron chi connectivity index (χ3n) is 1.91. The first-order valence-corrected chi connectivity index (χ1v) is 4.65. The highest BCUT2D eigenvalue weighted by Gasteiger charge is 2.09. The fourth-order valence-corrected chi connectivity index (χ4v) is 1.10. The number of nitrogens with two attached hydrogens (primary N) is 1. The molecule has 0 aromatic heterocycles. The van der Waals surface area contributed by atoms with Crippen molar-refractivity contribution in [3.05, 3.63) is 24.3 Å². The average molecular weight is 223 g/mol. The predicted molar refractivity (Wildman–Crippen MR) is 60.4 cm³/mol. The van der Waals surface area contributed by atoms with Crippen molar-refractivity contribution in [2.75, 3.05) is 10.6 Å². The van der Waals surface area contributed by atoms with E-state index in [2.05, 4.69) is 10.6 Å². The average Bonchev–Trinajstić information content (AvgIpc) is 2.20. The summed E-state index contributed by atoms with van der Waals surface area (Å²) in [5.74, 6) is -0.931. The molecule has 86 valence electrons. The third-order valence-corrected chi connectivity index (χ3v) is 1.91. The number of anilines is 2. The first-order chi connectivity index (χ1) is 7.49. The number of urea groups is 1. The van der Waals surface area contributed by atoms with Gasteiger partial charge in [0.2, 0.25) is 0 Å². The van der Waals surface area contributed by atoms with Gasteiger partial charge < -0.3 is 21.5 Å². The van der Waals surface area contributed by atoms with Gasteiger partial charge in [-0.25, -0.2) is 4.79 Å². The van der Waals surface area contributed by atoms with Crippen LogP contribution in [0.2, 0.25) is 0 Å². The second kappa shape index (κ2) is 5.01. The Morgan fingerprint density at radius 3 is 2.19 bits per heavy atom. The number of carboxylic acid groups (broad SMARTS) is 1. The van der Waals surface area contributed by atoms with Crippen molar-refractivity contribution >= 4 is 23.4 Å². The van der Waals surface area contributed by atoms with Gasteiger partial charge in [-0.3, -0.25) is 4.79 Å². The van der Waals surface area contributed by atoms with E-state index in [1.54, 1.807) is 24.3 Å². The van der Waals surface area contributed by atoms with Crippen molar-refractivity contribution in [3.8, 4) is 0 Å². The Balaban J connectivity index is 2.64. The van der Waals surface area contributed by atoms with E-state index in [0.717, 1.165) is 0 Å². The van der Waals surface area contributed by atoms with Crippen LogP contribution >= 0.6 is 0 Å². The van der Waals surface area contributed by atoms with Crippen LogP contribution < -0.4 is 16.4 Å². The SMILES string of the molecule is C[C@H](Nc1ccc(NC(N)=O)cc1)C(=O)O. The number of carbonyl (C=O) groups is 2. The van der Waals surface area contributed by atoms with Crippen molar-refractivity contribution in [1.82, 2.24) is 0 Å². The Bertz CT molecular complexity index is 389. The molecule has 6 nitrogen and oxygen atoms in total. The maximum absolute atomic E-state index is 10.6. The van der Waals surface area contributed by atoms with Crippen molar-refractivity contribution in [3.63, 3.8) is 0 Å². The van der Waals surface area contributed by atoms with E-state index in [1.807, 2.05) is 0 Å². The van der Waals surface area contributed by atoms with Crippen LogP contribution in [0, 0.1) is 0 Å². The predicted octanol–water partition coefficient (Wildman–Crippen LogP) is 1.06. The number of carbonyl (C=O) groups excluding carboxylic acids is 1. The van der Waals surface area contributed by atoms with E-state index in [4.69, 9.17) is 10.8 Å². The van der Waals surface area contributed by atoms with Crippen LogP contribution in [0.1, 0.15) is 6.92 Å². The second-order valence-corrected chi connectivity index (χ2v) is 3.27. The summed E-state index contributed by atoms with van der Waals surface area (Å²) in [5.41, 5.74) is 6.15. The molecule has 0 radical (unpaired) electrons. The van der Waals surface area contributed by atoms with E-state index in [9.17, 15) is 9.59 Å². The lowest BCUT2D eigenvalue weighted by Gasteiger charge is -2.11. The third kappa shape index (κ3) is 3.49. The quantitative estimate of drug-likeness (QED) is 0.612. The van der Waals surface area contributed by atoms with Gasteiger partial charge in [0.1, 0.15) is 6.04 Å². The Morgan fingerprint density at radius 1 is 1.25 bits per heavy atom. The smallest absolute Gasteiger partial charge is 0.325 e. The highest BCUT2D eigenvalue weighted by atomic mass is 16.4. The van der Waals surface area contributed by atoms with Crippen LogP contribution in [0.25, 0.3) is 0 Å². The number of primary amides is 1. The summed E-state index contributed by atoms with van der Waals surface area (Å²) in [4.78, 5) is 21.1. The largest absolute Gasteiger partial charge is 0.480 e. The lowest BCUT2D eigenvalue weighted by molar-refractivity contribution is -0.137. The molecule has 0 bridgehead atoms. The molecule has 5 N–H and O–H groups in total. The van der Waals surface area contributed by atoms with Crippen LogP contribution in [0.15, 0.2) is 24.3 Å². The summed E-state index contributed by atoms with van der Waals surface area (Å²) in [6.45, 7) is 1.54. The molecule has 1 aromatic rings. The van der Waals surface area contributed by atoms with Crippen LogP contribution in [0.4, 0.5) is 16.2 Å². The van der Waals surface area contributed by atoms with Gasteiger partial charge in [0.05, 0.1) is 0 Å². The number of rotatable bonds is 4. The summed E-state index contributed by atoms with van der Waals surface area (Å²) in [7, 11) is 0. The van der Waals surface area contributed by atoms with Crippen molar-refractivity contribution in [2.24, 2.45) is 5.73 Å². The number of hydrogen-bond acceptors (Lipinski definition) is 3. The number of carboxylic acids is 1. The molecule has 0 aliphatic carbocycles. The fourth-order valence-electron chi connectivity index (χ4n) is 1.10. The van der Waals surface area contributed by atoms with E-state index in [0.29, 0.717) is 11.4 Å². The summed E-state index contributed by atoms with van der Waals surface area (Å²) < 4.78 is 0. The zero-order chi connectivity index (χ0) is 12.1. The molecule has 0 fully saturated rings. The number of benzene rings is 1. The monoisotopic (exact) mass is 223 g/mol. The first-order valence-electron chi connectivity index (χ1n) is 4.65. The second-order valence-electron chi connectivity index (χ2n) is 3.27. The summed E-state index contributed by atoms with van der Waals surface area (Å²) in [5, 5.41) is 13.9. The molecule has 0 saturated heterocycles. The molecule has 1 atom stereocenters. The van der Waals surface area contributed by atoms with E-state index in [1.165, 1.54) is 6.92 Å². The van der Waals surface area contributed by atoms with Crippen LogP contribution in [-0.2, 0) is 4.79 Å². The van der Waals surface area contributed by atoms with Crippen LogP contribution in [0.5, 0.6) is 0 Å². The molecule has 0 unspecified atom stereocenters. The van der Waals surface area contributed by atoms with Gasteiger partial charge in [0.15, 0.2) is 0 Å². The molecule has 1 aromatic carbocycles. The van der Waals surface area contributed by atoms with Gasteiger partial charge in [-0.2, -0.15) is 0 Å². The van der Waals surface area contributed by atoms with Crippen LogP contribution in [-0.4, -0.2) is 23.1 Å². The van der Waals surface area contributed by atoms with E-state index < -0.39 is 18.0 Å². The maximum atomic E-state index is 10.6. The minimum atomic E-state index is -0.931. The minimum absolute atomic E-state index is 0.557. The number of aliphatic carboxylic acids is 1. The Morgan fingerprint density at radius 2 is 1.75 bits per heavy atom. The van der Waals surface area contributed by atoms with E-state index in [-0.39, 0.29) is 0 Å². The highest BCUT2D eigenvalue weighted by molar-refractivity contribution is 5.88. The summed E-state index contributed by atoms with van der Waals surface area (Å²) in [6.07, 6.45) is 0. The number of nitrogens with one attached hydrogen (secondary N) is 2. The fraction of sp³-hybridized carbons (Fsp3) is 0.200. The topological polar surface area (TPSA) is 104 Å². The van der Waals surface area contributed by atoms with Gasteiger partial charge in [-0.15, -0.1) is 0 Å². The zero-order valence-corrected chi connectivity index (χ0v) is 8.73. The molecular formula is C10H13N3O3. The minimum Gasteiger partial charge on any atom is -0.480 e. The van der Waals surface area contributed by atoms with Gasteiger partial charge in [-0.1, -0.05) is 0 Å². The summed E-state index contributed by atoms with van der Waals surface area (Å²) >= 11 is 0. The molecule has 0 spiro atoms. The first kappa shape index (κ1) is 11.8. The summed E-state index contributed by atoms with van der Waals surface area (Å²) in [6, 6.07) is 5.26. The molecule has 0 aliphatic rings.